The van der Waals surface area contributed by atoms with Gasteiger partial charge in [-0.15, -0.1) is 0 Å². The largest absolute Gasteiger partial charge is 0.491 e. The van der Waals surface area contributed by atoms with E-state index in [1.807, 2.05) is 0 Å². The molecule has 1 heterocycles. The van der Waals surface area contributed by atoms with Crippen molar-refractivity contribution in [2.75, 3.05) is 26.6 Å². The number of hydrogen-bond acceptors (Lipinski definition) is 5. The summed E-state index contributed by atoms with van der Waals surface area (Å²) < 4.78 is 21.6. The third-order valence-electron chi connectivity index (χ3n) is 2.85. The summed E-state index contributed by atoms with van der Waals surface area (Å²) in [5.41, 5.74) is 0.692. The van der Waals surface area contributed by atoms with Crippen LogP contribution in [0, 0.1) is 0 Å². The number of benzene rings is 1. The maximum atomic E-state index is 9.31. The molecule has 106 valence electrons. The lowest BCUT2D eigenvalue weighted by Crippen LogP contribution is -2.08. The highest BCUT2D eigenvalue weighted by atomic mass is 16.7. The predicted molar refractivity (Wildman–Crippen MR) is 69.7 cm³/mol. The average Bonchev–Trinajstić information content (AvgIpc) is 2.88. The first-order chi connectivity index (χ1) is 9.35. The number of rotatable bonds is 8. The quantitative estimate of drug-likeness (QED) is 0.732. The van der Waals surface area contributed by atoms with E-state index in [9.17, 15) is 5.11 Å². The number of aliphatic hydroxyl groups is 1. The molecule has 0 bridgehead atoms. The van der Waals surface area contributed by atoms with E-state index in [1.165, 1.54) is 0 Å². The van der Waals surface area contributed by atoms with E-state index in [0.717, 1.165) is 19.4 Å². The number of aliphatic hydroxyl groups excluding tert-OH is 1. The summed E-state index contributed by atoms with van der Waals surface area (Å²) >= 11 is 0. The van der Waals surface area contributed by atoms with Gasteiger partial charge in [0.2, 0.25) is 6.79 Å². The standard InChI is InChI=1S/C14H20O5/c1-2-3-4-16-5-6-17-12-8-14-13(18-10-19-14)7-11(12)9-15/h7-8,15H,2-6,9-10H2,1H3. The van der Waals surface area contributed by atoms with E-state index < -0.39 is 0 Å². The van der Waals surface area contributed by atoms with Gasteiger partial charge in [0, 0.05) is 18.2 Å². The van der Waals surface area contributed by atoms with Crippen LogP contribution in [0.1, 0.15) is 25.3 Å². The second kappa shape index (κ2) is 7.21. The van der Waals surface area contributed by atoms with Gasteiger partial charge in [-0.2, -0.15) is 0 Å². The zero-order valence-corrected chi connectivity index (χ0v) is 11.2. The Balaban J connectivity index is 1.85. The van der Waals surface area contributed by atoms with Crippen molar-refractivity contribution in [1.82, 2.24) is 0 Å². The molecule has 0 radical (unpaired) electrons. The third kappa shape index (κ3) is 3.75. The highest BCUT2D eigenvalue weighted by molar-refractivity contribution is 5.51. The van der Waals surface area contributed by atoms with Crippen molar-refractivity contribution in [3.8, 4) is 17.2 Å². The van der Waals surface area contributed by atoms with Crippen molar-refractivity contribution in [2.24, 2.45) is 0 Å². The van der Waals surface area contributed by atoms with Crippen molar-refractivity contribution >= 4 is 0 Å². The molecular weight excluding hydrogens is 248 g/mol. The molecule has 0 aromatic heterocycles. The summed E-state index contributed by atoms with van der Waals surface area (Å²) in [6, 6.07) is 3.50. The van der Waals surface area contributed by atoms with Gasteiger partial charge in [-0.1, -0.05) is 13.3 Å². The van der Waals surface area contributed by atoms with Crippen LogP contribution in [0.2, 0.25) is 0 Å². The molecule has 0 spiro atoms. The number of unbranched alkanes of at least 4 members (excludes halogenated alkanes) is 1. The van der Waals surface area contributed by atoms with Crippen LogP contribution >= 0.6 is 0 Å². The fraction of sp³-hybridized carbons (Fsp3) is 0.571. The van der Waals surface area contributed by atoms with E-state index in [0.29, 0.717) is 36.0 Å². The Labute approximate surface area is 113 Å². The minimum absolute atomic E-state index is 0.0946. The smallest absolute Gasteiger partial charge is 0.231 e. The highest BCUT2D eigenvalue weighted by Crippen LogP contribution is 2.38. The minimum Gasteiger partial charge on any atom is -0.491 e. The van der Waals surface area contributed by atoms with Gasteiger partial charge in [-0.25, -0.2) is 0 Å². The summed E-state index contributed by atoms with van der Waals surface area (Å²) in [5, 5.41) is 9.31. The summed E-state index contributed by atoms with van der Waals surface area (Å²) in [7, 11) is 0. The lowest BCUT2D eigenvalue weighted by molar-refractivity contribution is 0.0970. The van der Waals surface area contributed by atoms with E-state index in [2.05, 4.69) is 6.92 Å². The second-order valence-corrected chi connectivity index (χ2v) is 4.29. The van der Waals surface area contributed by atoms with Crippen LogP contribution < -0.4 is 14.2 Å². The van der Waals surface area contributed by atoms with Gasteiger partial charge in [0.15, 0.2) is 11.5 Å². The lowest BCUT2D eigenvalue weighted by atomic mass is 10.2. The van der Waals surface area contributed by atoms with Crippen molar-refractivity contribution in [3.63, 3.8) is 0 Å². The summed E-state index contributed by atoms with van der Waals surface area (Å²) in [5.74, 6) is 1.92. The zero-order chi connectivity index (χ0) is 13.5. The molecule has 0 unspecified atom stereocenters. The van der Waals surface area contributed by atoms with Crippen molar-refractivity contribution in [2.45, 2.75) is 26.4 Å². The molecule has 5 heteroatoms. The molecule has 5 nitrogen and oxygen atoms in total. The van der Waals surface area contributed by atoms with Crippen LogP contribution in [-0.4, -0.2) is 31.7 Å². The Bertz CT molecular complexity index is 405. The predicted octanol–water partition coefficient (Wildman–Crippen LogP) is 2.10. The fourth-order valence-corrected chi connectivity index (χ4v) is 1.78. The first-order valence-corrected chi connectivity index (χ1v) is 6.59. The van der Waals surface area contributed by atoms with Gasteiger partial charge in [-0.3, -0.25) is 0 Å². The molecule has 1 aromatic carbocycles. The first-order valence-electron chi connectivity index (χ1n) is 6.59. The average molecular weight is 268 g/mol. The van der Waals surface area contributed by atoms with E-state index in [4.69, 9.17) is 18.9 Å². The van der Waals surface area contributed by atoms with Crippen LogP contribution in [0.4, 0.5) is 0 Å². The molecule has 2 rings (SSSR count). The van der Waals surface area contributed by atoms with E-state index in [1.54, 1.807) is 12.1 Å². The molecule has 0 aliphatic carbocycles. The van der Waals surface area contributed by atoms with Crippen LogP contribution in [0.25, 0.3) is 0 Å². The number of fused-ring (bicyclic) bond motifs is 1. The molecule has 19 heavy (non-hydrogen) atoms. The van der Waals surface area contributed by atoms with Crippen molar-refractivity contribution in [1.29, 1.82) is 0 Å². The van der Waals surface area contributed by atoms with E-state index >= 15 is 0 Å². The first kappa shape index (κ1) is 14.0. The van der Waals surface area contributed by atoms with Crippen LogP contribution in [0.5, 0.6) is 17.2 Å². The Morgan fingerprint density at radius 1 is 1.16 bits per heavy atom. The molecule has 0 saturated carbocycles. The number of hydrogen-bond donors (Lipinski definition) is 1. The lowest BCUT2D eigenvalue weighted by Gasteiger charge is -2.11. The summed E-state index contributed by atoms with van der Waals surface area (Å²) in [4.78, 5) is 0. The van der Waals surface area contributed by atoms with Crippen molar-refractivity contribution < 1.29 is 24.1 Å². The van der Waals surface area contributed by atoms with Crippen molar-refractivity contribution in [3.05, 3.63) is 17.7 Å². The maximum Gasteiger partial charge on any atom is 0.231 e. The SMILES string of the molecule is CCCCOCCOc1cc2c(cc1CO)OCO2. The fourth-order valence-electron chi connectivity index (χ4n) is 1.78. The Kier molecular flexibility index (Phi) is 5.30. The second-order valence-electron chi connectivity index (χ2n) is 4.29. The topological polar surface area (TPSA) is 57.2 Å². The van der Waals surface area contributed by atoms with Gasteiger partial charge >= 0.3 is 0 Å². The molecule has 0 atom stereocenters. The molecule has 1 aliphatic rings. The van der Waals surface area contributed by atoms with Gasteiger partial charge < -0.3 is 24.1 Å². The molecule has 1 aliphatic heterocycles. The summed E-state index contributed by atoms with van der Waals surface area (Å²) in [6.45, 7) is 4.00. The highest BCUT2D eigenvalue weighted by Gasteiger charge is 2.17. The summed E-state index contributed by atoms with van der Waals surface area (Å²) in [6.07, 6.45) is 2.18. The van der Waals surface area contributed by atoms with Crippen LogP contribution in [0.3, 0.4) is 0 Å². The molecule has 0 fully saturated rings. The zero-order valence-electron chi connectivity index (χ0n) is 11.2. The molecule has 1 aromatic rings. The molecule has 0 amide bonds. The normalized spacial score (nSPS) is 12.7. The third-order valence-corrected chi connectivity index (χ3v) is 2.85. The Hall–Kier alpha value is -1.46. The Morgan fingerprint density at radius 2 is 1.95 bits per heavy atom. The Morgan fingerprint density at radius 3 is 2.68 bits per heavy atom. The molecule has 1 N–H and O–H groups in total. The van der Waals surface area contributed by atoms with Crippen LogP contribution in [-0.2, 0) is 11.3 Å². The maximum absolute atomic E-state index is 9.31. The minimum atomic E-state index is -0.0946. The molecular formula is C14H20O5. The van der Waals surface area contributed by atoms with Gasteiger partial charge in [0.05, 0.1) is 13.2 Å². The van der Waals surface area contributed by atoms with E-state index in [-0.39, 0.29) is 13.4 Å². The van der Waals surface area contributed by atoms with Crippen LogP contribution in [0.15, 0.2) is 12.1 Å². The molecule has 0 saturated heterocycles. The monoisotopic (exact) mass is 268 g/mol. The van der Waals surface area contributed by atoms with Gasteiger partial charge in [0.25, 0.3) is 0 Å². The van der Waals surface area contributed by atoms with Gasteiger partial charge in [0.1, 0.15) is 12.4 Å². The number of ether oxygens (including phenoxy) is 4. The van der Waals surface area contributed by atoms with Gasteiger partial charge in [-0.05, 0) is 12.5 Å².